The van der Waals surface area contributed by atoms with Crippen molar-refractivity contribution in [3.63, 3.8) is 0 Å². The Balaban J connectivity index is 1.57. The maximum absolute atomic E-state index is 12.9. The number of carbonyl (C=O) groups excluding carboxylic acids is 1. The summed E-state index contributed by atoms with van der Waals surface area (Å²) in [6.45, 7) is 11.7. The van der Waals surface area contributed by atoms with Crippen LogP contribution in [0, 0.1) is 11.8 Å². The van der Waals surface area contributed by atoms with Crippen LogP contribution in [-0.2, 0) is 4.79 Å². The third-order valence-corrected chi connectivity index (χ3v) is 5.62. The van der Waals surface area contributed by atoms with Crippen LogP contribution in [0.3, 0.4) is 0 Å². The minimum Gasteiger partial charge on any atom is -0.506 e. The van der Waals surface area contributed by atoms with Crippen molar-refractivity contribution in [2.24, 2.45) is 11.8 Å². The number of para-hydroxylation sites is 2. The quantitative estimate of drug-likeness (QED) is 0.914. The smallest absolute Gasteiger partial charge is 0.239 e. The first kappa shape index (κ1) is 18.1. The maximum Gasteiger partial charge on any atom is 0.239 e. The average molecular weight is 345 g/mol. The summed E-state index contributed by atoms with van der Waals surface area (Å²) in [4.78, 5) is 19.5. The van der Waals surface area contributed by atoms with E-state index in [-0.39, 0.29) is 11.9 Å². The Morgan fingerprint density at radius 3 is 2.28 bits per heavy atom. The fraction of sp³-hybridized carbons (Fsp3) is 0.650. The van der Waals surface area contributed by atoms with Gasteiger partial charge in [0.15, 0.2) is 0 Å². The van der Waals surface area contributed by atoms with Crippen molar-refractivity contribution in [1.82, 2.24) is 9.80 Å². The van der Waals surface area contributed by atoms with Crippen LogP contribution >= 0.6 is 0 Å². The SMILES string of the molecule is C[C@@H]1C[C@H](C)CN(C(=O)[C@H](C)N2CCN(c3ccccc3O)CC2)C1. The van der Waals surface area contributed by atoms with Crippen LogP contribution in [0.15, 0.2) is 24.3 Å². The predicted molar refractivity (Wildman–Crippen MR) is 101 cm³/mol. The maximum atomic E-state index is 12.9. The minimum absolute atomic E-state index is 0.0657. The molecule has 1 aromatic carbocycles. The minimum atomic E-state index is -0.0657. The summed E-state index contributed by atoms with van der Waals surface area (Å²) in [5.41, 5.74) is 0.889. The topological polar surface area (TPSA) is 47.0 Å². The van der Waals surface area contributed by atoms with E-state index in [9.17, 15) is 9.90 Å². The number of amides is 1. The van der Waals surface area contributed by atoms with Gasteiger partial charge in [0.1, 0.15) is 5.75 Å². The molecule has 25 heavy (non-hydrogen) atoms. The normalized spacial score (nSPS) is 26.5. The molecular formula is C20H31N3O2. The molecule has 5 nitrogen and oxygen atoms in total. The molecule has 138 valence electrons. The highest BCUT2D eigenvalue weighted by Crippen LogP contribution is 2.28. The third-order valence-electron chi connectivity index (χ3n) is 5.62. The molecular weight excluding hydrogens is 314 g/mol. The number of piperidine rings is 1. The molecule has 0 aromatic heterocycles. The van der Waals surface area contributed by atoms with E-state index in [1.54, 1.807) is 6.07 Å². The van der Waals surface area contributed by atoms with Gasteiger partial charge in [-0.15, -0.1) is 0 Å². The summed E-state index contributed by atoms with van der Waals surface area (Å²) >= 11 is 0. The molecule has 0 bridgehead atoms. The van der Waals surface area contributed by atoms with Crippen LogP contribution in [-0.4, -0.2) is 66.1 Å². The Morgan fingerprint density at radius 2 is 1.68 bits per heavy atom. The summed E-state index contributed by atoms with van der Waals surface area (Å²) in [5.74, 6) is 1.79. The summed E-state index contributed by atoms with van der Waals surface area (Å²) in [7, 11) is 0. The molecule has 0 spiro atoms. The van der Waals surface area contributed by atoms with E-state index in [0.29, 0.717) is 17.6 Å². The number of anilines is 1. The zero-order valence-corrected chi connectivity index (χ0v) is 15.7. The Morgan fingerprint density at radius 1 is 1.08 bits per heavy atom. The number of piperazine rings is 1. The van der Waals surface area contributed by atoms with Crippen molar-refractivity contribution in [1.29, 1.82) is 0 Å². The van der Waals surface area contributed by atoms with Gasteiger partial charge < -0.3 is 14.9 Å². The number of likely N-dealkylation sites (tertiary alicyclic amines) is 1. The van der Waals surface area contributed by atoms with Gasteiger partial charge in [-0.1, -0.05) is 26.0 Å². The van der Waals surface area contributed by atoms with Crippen molar-refractivity contribution < 1.29 is 9.90 Å². The summed E-state index contributed by atoms with van der Waals surface area (Å²) < 4.78 is 0. The average Bonchev–Trinajstić information content (AvgIpc) is 2.60. The van der Waals surface area contributed by atoms with Gasteiger partial charge in [0.2, 0.25) is 5.91 Å². The lowest BCUT2D eigenvalue weighted by Crippen LogP contribution is -2.56. The van der Waals surface area contributed by atoms with Gasteiger partial charge in [0.25, 0.3) is 0 Å². The first-order chi connectivity index (χ1) is 12.0. The second-order valence-corrected chi connectivity index (χ2v) is 7.88. The summed E-state index contributed by atoms with van der Waals surface area (Å²) in [6.07, 6.45) is 1.22. The number of carbonyl (C=O) groups is 1. The zero-order valence-electron chi connectivity index (χ0n) is 15.7. The monoisotopic (exact) mass is 345 g/mol. The van der Waals surface area contributed by atoms with Crippen LogP contribution in [0.1, 0.15) is 27.2 Å². The molecule has 3 rings (SSSR count). The summed E-state index contributed by atoms with van der Waals surface area (Å²) in [6, 6.07) is 7.41. The van der Waals surface area contributed by atoms with E-state index in [1.165, 1.54) is 6.42 Å². The molecule has 2 saturated heterocycles. The van der Waals surface area contributed by atoms with E-state index >= 15 is 0 Å². The first-order valence-corrected chi connectivity index (χ1v) is 9.51. The highest BCUT2D eigenvalue weighted by atomic mass is 16.3. The van der Waals surface area contributed by atoms with E-state index in [2.05, 4.69) is 28.5 Å². The Bertz CT molecular complexity index is 588. The van der Waals surface area contributed by atoms with Gasteiger partial charge in [-0.3, -0.25) is 9.69 Å². The van der Waals surface area contributed by atoms with Gasteiger partial charge in [-0.05, 0) is 37.3 Å². The highest BCUT2D eigenvalue weighted by Gasteiger charge is 2.32. The van der Waals surface area contributed by atoms with Crippen molar-refractivity contribution in [3.8, 4) is 5.75 Å². The van der Waals surface area contributed by atoms with E-state index in [1.807, 2.05) is 25.1 Å². The molecule has 1 aromatic rings. The van der Waals surface area contributed by atoms with E-state index in [0.717, 1.165) is 45.0 Å². The number of phenols is 1. The molecule has 0 radical (unpaired) electrons. The third kappa shape index (κ3) is 4.09. The molecule has 2 aliphatic rings. The second-order valence-electron chi connectivity index (χ2n) is 7.88. The van der Waals surface area contributed by atoms with E-state index in [4.69, 9.17) is 0 Å². The molecule has 3 atom stereocenters. The summed E-state index contributed by atoms with van der Waals surface area (Å²) in [5, 5.41) is 10.0. The first-order valence-electron chi connectivity index (χ1n) is 9.51. The van der Waals surface area contributed by atoms with Gasteiger partial charge in [-0.25, -0.2) is 0 Å². The number of phenolic OH excluding ortho intramolecular Hbond substituents is 1. The van der Waals surface area contributed by atoms with Gasteiger partial charge in [0, 0.05) is 39.3 Å². The Kier molecular flexibility index (Phi) is 5.52. The Hall–Kier alpha value is -1.75. The highest BCUT2D eigenvalue weighted by molar-refractivity contribution is 5.81. The Labute approximate surface area is 151 Å². The lowest BCUT2D eigenvalue weighted by atomic mass is 9.91. The number of hydrogen-bond donors (Lipinski definition) is 1. The van der Waals surface area contributed by atoms with Crippen LogP contribution in [0.4, 0.5) is 5.69 Å². The van der Waals surface area contributed by atoms with Crippen LogP contribution in [0.5, 0.6) is 5.75 Å². The molecule has 1 amide bonds. The van der Waals surface area contributed by atoms with Crippen molar-refractivity contribution in [2.75, 3.05) is 44.2 Å². The second kappa shape index (κ2) is 7.65. The van der Waals surface area contributed by atoms with Crippen LogP contribution < -0.4 is 4.90 Å². The van der Waals surface area contributed by atoms with Gasteiger partial charge in [-0.2, -0.15) is 0 Å². The largest absolute Gasteiger partial charge is 0.506 e. The number of nitrogens with zero attached hydrogens (tertiary/aromatic N) is 3. The molecule has 0 unspecified atom stereocenters. The fourth-order valence-electron chi connectivity index (χ4n) is 4.34. The lowest BCUT2D eigenvalue weighted by molar-refractivity contribution is -0.139. The van der Waals surface area contributed by atoms with E-state index < -0.39 is 0 Å². The number of rotatable bonds is 3. The molecule has 0 aliphatic carbocycles. The predicted octanol–water partition coefficient (Wildman–Crippen LogP) is 2.41. The number of hydrogen-bond acceptors (Lipinski definition) is 4. The van der Waals surface area contributed by atoms with Gasteiger partial charge in [0.05, 0.1) is 11.7 Å². The van der Waals surface area contributed by atoms with Crippen molar-refractivity contribution in [2.45, 2.75) is 33.2 Å². The van der Waals surface area contributed by atoms with Crippen molar-refractivity contribution >= 4 is 11.6 Å². The molecule has 2 heterocycles. The lowest BCUT2D eigenvalue weighted by Gasteiger charge is -2.42. The standard InChI is InChI=1S/C20H31N3O2/c1-15-12-16(2)14-23(13-15)20(25)17(3)21-8-10-22(11-9-21)18-6-4-5-7-19(18)24/h4-7,15-17,24H,8-14H2,1-3H3/t15-,16+,17-/m0/s1. The molecule has 0 saturated carbocycles. The molecule has 2 aliphatic heterocycles. The van der Waals surface area contributed by atoms with Crippen LogP contribution in [0.25, 0.3) is 0 Å². The van der Waals surface area contributed by atoms with Gasteiger partial charge >= 0.3 is 0 Å². The molecule has 1 N–H and O–H groups in total. The number of aromatic hydroxyl groups is 1. The molecule has 2 fully saturated rings. The zero-order chi connectivity index (χ0) is 18.0. The van der Waals surface area contributed by atoms with Crippen molar-refractivity contribution in [3.05, 3.63) is 24.3 Å². The fourth-order valence-corrected chi connectivity index (χ4v) is 4.34. The molecule has 5 heteroatoms. The number of benzene rings is 1. The van der Waals surface area contributed by atoms with Crippen LogP contribution in [0.2, 0.25) is 0 Å².